The molecule has 1 aliphatic heterocycles. The van der Waals surface area contributed by atoms with Gasteiger partial charge >= 0.3 is 0 Å². The number of unbranched alkanes of at least 4 members (excludes halogenated alkanes) is 1. The first-order valence-electron chi connectivity index (χ1n) is 14.1. The second-order valence-corrected chi connectivity index (χ2v) is 10.1. The molecule has 1 aliphatic rings. The summed E-state index contributed by atoms with van der Waals surface area (Å²) in [7, 11) is 0. The minimum absolute atomic E-state index is 0.118. The lowest BCUT2D eigenvalue weighted by Crippen LogP contribution is -2.26. The second kappa shape index (κ2) is 11.4. The van der Waals surface area contributed by atoms with E-state index in [1.807, 2.05) is 11.0 Å². The zero-order chi connectivity index (χ0) is 26.6. The van der Waals surface area contributed by atoms with Gasteiger partial charge in [0.05, 0.1) is 22.1 Å². The first-order valence-corrected chi connectivity index (χ1v) is 14.1. The van der Waals surface area contributed by atoms with Crippen LogP contribution < -0.4 is 10.5 Å². The smallest absolute Gasteiger partial charge is 0.270 e. The largest absolute Gasteiger partial charge is 0.372 e. The van der Waals surface area contributed by atoms with Crippen molar-refractivity contribution in [2.45, 2.75) is 65.8 Å². The Kier molecular flexibility index (Phi) is 7.77. The third-order valence-electron chi connectivity index (χ3n) is 7.63. The van der Waals surface area contributed by atoms with Crippen molar-refractivity contribution in [1.82, 2.24) is 24.4 Å². The van der Waals surface area contributed by atoms with E-state index < -0.39 is 0 Å². The van der Waals surface area contributed by atoms with Gasteiger partial charge in [-0.15, -0.1) is 0 Å². The van der Waals surface area contributed by atoms with Crippen LogP contribution in [-0.4, -0.2) is 56.5 Å². The maximum atomic E-state index is 12.6. The summed E-state index contributed by atoms with van der Waals surface area (Å²) >= 11 is 0. The first-order chi connectivity index (χ1) is 18.5. The number of rotatable bonds is 11. The number of benzene rings is 2. The van der Waals surface area contributed by atoms with Gasteiger partial charge in [-0.25, -0.2) is 9.97 Å². The number of likely N-dealkylation sites (tertiary alicyclic amines) is 1. The normalized spacial score (nSPS) is 13.8. The number of hydrogen-bond donors (Lipinski definition) is 1. The van der Waals surface area contributed by atoms with Crippen LogP contribution in [0.1, 0.15) is 58.6 Å². The molecule has 1 amide bonds. The quantitative estimate of drug-likeness (QED) is 0.299. The minimum Gasteiger partial charge on any atom is -0.372 e. The highest BCUT2D eigenvalue weighted by Gasteiger charge is 2.20. The van der Waals surface area contributed by atoms with Gasteiger partial charge in [0.15, 0.2) is 0 Å². The molecule has 1 saturated heterocycles. The average molecular weight is 515 g/mol. The van der Waals surface area contributed by atoms with Crippen molar-refractivity contribution in [1.29, 1.82) is 0 Å². The fourth-order valence-corrected chi connectivity index (χ4v) is 5.47. The molecule has 0 aliphatic carbocycles. The maximum Gasteiger partial charge on any atom is 0.270 e. The molecular formula is C30H38N6O2. The molecule has 8 nitrogen and oxygen atoms in total. The number of nitrogens with zero attached hydrogens (tertiary/aromatic N) is 5. The lowest BCUT2D eigenvalue weighted by molar-refractivity contribution is -0.127. The lowest BCUT2D eigenvalue weighted by Gasteiger charge is -2.21. The molecule has 3 heterocycles. The van der Waals surface area contributed by atoms with Crippen LogP contribution in [0.2, 0.25) is 0 Å². The van der Waals surface area contributed by atoms with Gasteiger partial charge in [-0.05, 0) is 75.9 Å². The highest BCUT2D eigenvalue weighted by atomic mass is 16.2. The number of nitrogens with one attached hydrogen (secondary N) is 1. The summed E-state index contributed by atoms with van der Waals surface area (Å²) in [6, 6.07) is 12.6. The zero-order valence-corrected chi connectivity index (χ0v) is 22.8. The Morgan fingerprint density at radius 1 is 0.947 bits per heavy atom. The van der Waals surface area contributed by atoms with Gasteiger partial charge < -0.3 is 19.4 Å². The van der Waals surface area contributed by atoms with Gasteiger partial charge in [-0.1, -0.05) is 13.3 Å². The monoisotopic (exact) mass is 514 g/mol. The van der Waals surface area contributed by atoms with Gasteiger partial charge in [0.2, 0.25) is 5.91 Å². The van der Waals surface area contributed by atoms with E-state index in [2.05, 4.69) is 65.6 Å². The molecule has 5 rings (SSSR count). The number of fused-ring (bicyclic) bond motifs is 2. The first kappa shape index (κ1) is 25.9. The Balaban J connectivity index is 1.55. The molecule has 0 bridgehead atoms. The number of hydrogen-bond acceptors (Lipinski definition) is 5. The number of H-pyrrole nitrogens is 1. The molecule has 0 radical (unpaired) electrons. The third kappa shape index (κ3) is 5.17. The Labute approximate surface area is 223 Å². The SMILES string of the molecule is CCCCc1nc2cc3c(cc2[nH]c1=O)nc(-c1ccc(N(CC)CC)cc1)n3CCCN1CCCC1=O. The van der Waals surface area contributed by atoms with Crippen LogP contribution in [0.3, 0.4) is 0 Å². The zero-order valence-electron chi connectivity index (χ0n) is 22.8. The molecule has 4 aromatic rings. The molecular weight excluding hydrogens is 476 g/mol. The van der Waals surface area contributed by atoms with Crippen LogP contribution in [0, 0.1) is 0 Å². The summed E-state index contributed by atoms with van der Waals surface area (Å²) in [5.41, 5.74) is 6.02. The summed E-state index contributed by atoms with van der Waals surface area (Å²) < 4.78 is 2.25. The summed E-state index contributed by atoms with van der Waals surface area (Å²) in [4.78, 5) is 41.9. The van der Waals surface area contributed by atoms with Crippen LogP contribution in [0.25, 0.3) is 33.5 Å². The van der Waals surface area contributed by atoms with Crippen LogP contribution in [0.5, 0.6) is 0 Å². The van der Waals surface area contributed by atoms with Gasteiger partial charge in [0.1, 0.15) is 11.5 Å². The molecule has 0 unspecified atom stereocenters. The molecule has 8 heteroatoms. The summed E-state index contributed by atoms with van der Waals surface area (Å²) in [6.07, 6.45) is 5.08. The number of anilines is 1. The summed E-state index contributed by atoms with van der Waals surface area (Å²) in [6.45, 7) is 10.7. The molecule has 0 spiro atoms. The Morgan fingerprint density at radius 3 is 2.42 bits per heavy atom. The predicted octanol–water partition coefficient (Wildman–Crippen LogP) is 5.14. The molecule has 1 fully saturated rings. The van der Waals surface area contributed by atoms with Crippen LogP contribution in [-0.2, 0) is 17.8 Å². The summed E-state index contributed by atoms with van der Waals surface area (Å²) in [5.74, 6) is 1.15. The van der Waals surface area contributed by atoms with Crippen molar-refractivity contribution in [3.8, 4) is 11.4 Å². The van der Waals surface area contributed by atoms with Crippen LogP contribution in [0.4, 0.5) is 5.69 Å². The van der Waals surface area contributed by atoms with Crippen molar-refractivity contribution < 1.29 is 4.79 Å². The molecule has 2 aromatic heterocycles. The number of aromatic nitrogens is 4. The topological polar surface area (TPSA) is 87.1 Å². The molecule has 200 valence electrons. The number of aryl methyl sites for hydroxylation is 2. The van der Waals surface area contributed by atoms with E-state index in [1.165, 1.54) is 5.69 Å². The van der Waals surface area contributed by atoms with E-state index in [-0.39, 0.29) is 11.5 Å². The van der Waals surface area contributed by atoms with E-state index in [1.54, 1.807) is 0 Å². The Bertz CT molecular complexity index is 1480. The van der Waals surface area contributed by atoms with Gasteiger partial charge in [-0.2, -0.15) is 0 Å². The van der Waals surface area contributed by atoms with Crippen LogP contribution in [0.15, 0.2) is 41.2 Å². The molecule has 1 N–H and O–H groups in total. The molecule has 0 atom stereocenters. The molecule has 38 heavy (non-hydrogen) atoms. The number of aromatic amines is 1. The van der Waals surface area contributed by atoms with Crippen molar-refractivity contribution in [2.24, 2.45) is 0 Å². The van der Waals surface area contributed by atoms with E-state index in [4.69, 9.17) is 9.97 Å². The fourth-order valence-electron chi connectivity index (χ4n) is 5.47. The van der Waals surface area contributed by atoms with E-state index in [9.17, 15) is 9.59 Å². The highest BCUT2D eigenvalue weighted by Crippen LogP contribution is 2.29. The van der Waals surface area contributed by atoms with Crippen molar-refractivity contribution in [2.75, 3.05) is 31.1 Å². The van der Waals surface area contributed by atoms with Gasteiger partial charge in [-0.3, -0.25) is 9.59 Å². The second-order valence-electron chi connectivity index (χ2n) is 10.1. The standard InChI is InChI=1S/C30H38N6O2/c1-4-7-10-23-30(38)33-24-19-26-27(20-25(24)31-23)36(18-9-17-35-16-8-11-28(35)37)29(32-26)21-12-14-22(15-13-21)34(5-2)6-3/h12-15,19-20H,4-11,16-18H2,1-3H3,(H,33,38). The highest BCUT2D eigenvalue weighted by molar-refractivity contribution is 5.93. The van der Waals surface area contributed by atoms with Crippen molar-refractivity contribution >= 4 is 33.7 Å². The fraction of sp³-hybridized carbons (Fsp3) is 0.467. The molecule has 2 aromatic carbocycles. The minimum atomic E-state index is -0.118. The number of carbonyl (C=O) groups is 1. The Morgan fingerprint density at radius 2 is 1.74 bits per heavy atom. The predicted molar refractivity (Wildman–Crippen MR) is 154 cm³/mol. The van der Waals surface area contributed by atoms with Gasteiger partial charge in [0, 0.05) is 50.4 Å². The van der Waals surface area contributed by atoms with E-state index in [0.29, 0.717) is 24.1 Å². The maximum absolute atomic E-state index is 12.6. The Hall–Kier alpha value is -3.68. The van der Waals surface area contributed by atoms with Crippen molar-refractivity contribution in [3.05, 3.63) is 52.4 Å². The average Bonchev–Trinajstić information content (AvgIpc) is 3.50. The third-order valence-corrected chi connectivity index (χ3v) is 7.63. The number of amides is 1. The van der Waals surface area contributed by atoms with E-state index in [0.717, 1.165) is 86.3 Å². The van der Waals surface area contributed by atoms with E-state index >= 15 is 0 Å². The van der Waals surface area contributed by atoms with Gasteiger partial charge in [0.25, 0.3) is 5.56 Å². The van der Waals surface area contributed by atoms with Crippen LogP contribution >= 0.6 is 0 Å². The molecule has 0 saturated carbocycles. The van der Waals surface area contributed by atoms with Crippen molar-refractivity contribution in [3.63, 3.8) is 0 Å². The number of imidazole rings is 1. The lowest BCUT2D eigenvalue weighted by atomic mass is 10.1. The summed E-state index contributed by atoms with van der Waals surface area (Å²) in [5, 5.41) is 0. The number of carbonyl (C=O) groups excluding carboxylic acids is 1.